The van der Waals surface area contributed by atoms with Crippen LogP contribution in [0.25, 0.3) is 5.52 Å². The summed E-state index contributed by atoms with van der Waals surface area (Å²) in [7, 11) is 0. The fourth-order valence-electron chi connectivity index (χ4n) is 2.39. The van der Waals surface area contributed by atoms with Gasteiger partial charge in [0, 0.05) is 18.0 Å². The third kappa shape index (κ3) is 2.04. The molecule has 0 radical (unpaired) electrons. The van der Waals surface area contributed by atoms with Gasteiger partial charge in [-0.2, -0.15) is 5.10 Å². The van der Waals surface area contributed by atoms with Crippen molar-refractivity contribution in [1.82, 2.24) is 20.0 Å². The zero-order chi connectivity index (χ0) is 14.1. The number of aryl methyl sites for hydroxylation is 1. The van der Waals surface area contributed by atoms with Gasteiger partial charge >= 0.3 is 0 Å². The lowest BCUT2D eigenvalue weighted by Crippen LogP contribution is -2.29. The Morgan fingerprint density at radius 2 is 2.15 bits per heavy atom. The molecular weight excluding hydrogens is 257 g/mol. The van der Waals surface area contributed by atoms with E-state index in [4.69, 9.17) is 5.84 Å². The highest BCUT2D eigenvalue weighted by Gasteiger charge is 2.19. The molecule has 3 aromatic rings. The van der Waals surface area contributed by atoms with Crippen LogP contribution in [0, 0.1) is 12.7 Å². The van der Waals surface area contributed by atoms with E-state index in [1.165, 1.54) is 12.1 Å². The third-order valence-corrected chi connectivity index (χ3v) is 3.38. The molecule has 20 heavy (non-hydrogen) atoms. The number of hydrogen-bond acceptors (Lipinski definition) is 4. The number of halogens is 1. The number of rotatable bonds is 3. The topological polar surface area (TPSA) is 68.2 Å². The van der Waals surface area contributed by atoms with E-state index < -0.39 is 0 Å². The van der Waals surface area contributed by atoms with E-state index in [2.05, 4.69) is 15.5 Å². The molecule has 102 valence electrons. The molecule has 0 saturated carbocycles. The molecule has 0 aliphatic heterocycles. The Labute approximate surface area is 115 Å². The molecule has 0 aliphatic carbocycles. The van der Waals surface area contributed by atoms with Gasteiger partial charge < -0.3 is 0 Å². The lowest BCUT2D eigenvalue weighted by atomic mass is 9.96. The Bertz CT molecular complexity index is 752. The SMILES string of the molecule is Cc1cc(F)ccc1C(NN)c1cnn2ccncc12. The van der Waals surface area contributed by atoms with Crippen LogP contribution >= 0.6 is 0 Å². The van der Waals surface area contributed by atoms with E-state index in [0.29, 0.717) is 0 Å². The number of aromatic nitrogens is 3. The van der Waals surface area contributed by atoms with Crippen molar-refractivity contribution in [3.05, 3.63) is 65.5 Å². The van der Waals surface area contributed by atoms with Crippen molar-refractivity contribution in [3.63, 3.8) is 0 Å². The maximum atomic E-state index is 13.2. The summed E-state index contributed by atoms with van der Waals surface area (Å²) < 4.78 is 15.0. The van der Waals surface area contributed by atoms with Gasteiger partial charge in [-0.25, -0.2) is 14.3 Å². The van der Waals surface area contributed by atoms with Crippen molar-refractivity contribution in [2.45, 2.75) is 13.0 Å². The summed E-state index contributed by atoms with van der Waals surface area (Å²) in [6, 6.07) is 4.38. The van der Waals surface area contributed by atoms with Gasteiger partial charge in [-0.15, -0.1) is 0 Å². The second kappa shape index (κ2) is 4.99. The highest BCUT2D eigenvalue weighted by molar-refractivity contribution is 5.56. The maximum Gasteiger partial charge on any atom is 0.123 e. The molecule has 1 unspecified atom stereocenters. The molecule has 1 aromatic carbocycles. The zero-order valence-corrected chi connectivity index (χ0v) is 10.9. The predicted molar refractivity (Wildman–Crippen MR) is 73.3 cm³/mol. The number of fused-ring (bicyclic) bond motifs is 1. The van der Waals surface area contributed by atoms with Gasteiger partial charge in [0.05, 0.1) is 24.0 Å². The number of nitrogens with one attached hydrogen (secondary N) is 1. The van der Waals surface area contributed by atoms with Gasteiger partial charge in [0.25, 0.3) is 0 Å². The molecule has 0 aliphatic rings. The first kappa shape index (κ1) is 12.7. The Morgan fingerprint density at radius 3 is 2.90 bits per heavy atom. The summed E-state index contributed by atoms with van der Waals surface area (Å²) >= 11 is 0. The molecule has 0 fully saturated rings. The second-order valence-electron chi connectivity index (χ2n) is 4.61. The van der Waals surface area contributed by atoms with Crippen molar-refractivity contribution in [3.8, 4) is 0 Å². The third-order valence-electron chi connectivity index (χ3n) is 3.38. The van der Waals surface area contributed by atoms with Crippen LogP contribution in [-0.4, -0.2) is 14.6 Å². The van der Waals surface area contributed by atoms with Crippen LogP contribution in [0.3, 0.4) is 0 Å². The van der Waals surface area contributed by atoms with E-state index in [1.54, 1.807) is 35.4 Å². The van der Waals surface area contributed by atoms with Crippen molar-refractivity contribution in [2.24, 2.45) is 5.84 Å². The van der Waals surface area contributed by atoms with Crippen LogP contribution in [0.4, 0.5) is 4.39 Å². The minimum atomic E-state index is -0.266. The normalized spacial score (nSPS) is 12.8. The van der Waals surface area contributed by atoms with Crippen LogP contribution in [0.1, 0.15) is 22.7 Å². The summed E-state index contributed by atoms with van der Waals surface area (Å²) in [5.74, 6) is 5.43. The summed E-state index contributed by atoms with van der Waals surface area (Å²) in [4.78, 5) is 4.10. The number of benzene rings is 1. The van der Waals surface area contributed by atoms with Gasteiger partial charge in [-0.3, -0.25) is 10.8 Å². The molecule has 0 spiro atoms. The highest BCUT2D eigenvalue weighted by Crippen LogP contribution is 2.27. The maximum absolute atomic E-state index is 13.2. The lowest BCUT2D eigenvalue weighted by Gasteiger charge is -2.17. The van der Waals surface area contributed by atoms with Gasteiger partial charge in [0.1, 0.15) is 5.82 Å². The minimum Gasteiger partial charge on any atom is -0.271 e. The Kier molecular flexibility index (Phi) is 3.17. The van der Waals surface area contributed by atoms with E-state index in [1.807, 2.05) is 6.92 Å². The number of nitrogens with zero attached hydrogens (tertiary/aromatic N) is 3. The van der Waals surface area contributed by atoms with Crippen LogP contribution in [0.15, 0.2) is 43.0 Å². The Balaban J connectivity index is 2.14. The molecule has 5 nitrogen and oxygen atoms in total. The lowest BCUT2D eigenvalue weighted by molar-refractivity contribution is 0.613. The smallest absolute Gasteiger partial charge is 0.123 e. The van der Waals surface area contributed by atoms with Crippen molar-refractivity contribution < 1.29 is 4.39 Å². The molecule has 2 heterocycles. The molecule has 6 heteroatoms. The largest absolute Gasteiger partial charge is 0.271 e. The standard InChI is InChI=1S/C14H14FN5/c1-9-6-10(15)2-3-11(9)14(19-16)12-7-18-20-5-4-17-8-13(12)20/h2-8,14,19H,16H2,1H3. The first-order valence-corrected chi connectivity index (χ1v) is 6.20. The Hall–Kier alpha value is -2.31. The molecular formula is C14H14FN5. The number of hydrogen-bond donors (Lipinski definition) is 2. The molecule has 0 bridgehead atoms. The monoisotopic (exact) mass is 271 g/mol. The van der Waals surface area contributed by atoms with Crippen LogP contribution < -0.4 is 11.3 Å². The molecule has 2 aromatic heterocycles. The fraction of sp³-hybridized carbons (Fsp3) is 0.143. The van der Waals surface area contributed by atoms with Gasteiger partial charge in [-0.05, 0) is 30.2 Å². The highest BCUT2D eigenvalue weighted by atomic mass is 19.1. The van der Waals surface area contributed by atoms with Gasteiger partial charge in [0.2, 0.25) is 0 Å². The van der Waals surface area contributed by atoms with E-state index >= 15 is 0 Å². The first-order chi connectivity index (χ1) is 9.70. The summed E-state index contributed by atoms with van der Waals surface area (Å²) in [6.07, 6.45) is 6.90. The van der Waals surface area contributed by atoms with Crippen molar-refractivity contribution >= 4 is 5.52 Å². The number of hydrazine groups is 1. The number of nitrogens with two attached hydrogens (primary N) is 1. The average molecular weight is 271 g/mol. The van der Waals surface area contributed by atoms with Gasteiger partial charge in [0.15, 0.2) is 0 Å². The quantitative estimate of drug-likeness (QED) is 0.562. The van der Waals surface area contributed by atoms with Crippen LogP contribution in [0.2, 0.25) is 0 Å². The van der Waals surface area contributed by atoms with E-state index in [0.717, 1.165) is 22.2 Å². The molecule has 0 saturated heterocycles. The van der Waals surface area contributed by atoms with E-state index in [9.17, 15) is 4.39 Å². The van der Waals surface area contributed by atoms with Crippen LogP contribution in [0.5, 0.6) is 0 Å². The predicted octanol–water partition coefficient (Wildman–Crippen LogP) is 1.73. The van der Waals surface area contributed by atoms with E-state index in [-0.39, 0.29) is 11.9 Å². The molecule has 3 N–H and O–H groups in total. The molecule has 0 amide bonds. The van der Waals surface area contributed by atoms with Crippen molar-refractivity contribution in [2.75, 3.05) is 0 Å². The van der Waals surface area contributed by atoms with Crippen LogP contribution in [-0.2, 0) is 0 Å². The first-order valence-electron chi connectivity index (χ1n) is 6.20. The summed E-state index contributed by atoms with van der Waals surface area (Å²) in [5, 5.41) is 4.27. The Morgan fingerprint density at radius 1 is 1.30 bits per heavy atom. The average Bonchev–Trinajstić information content (AvgIpc) is 2.86. The fourth-order valence-corrected chi connectivity index (χ4v) is 2.39. The zero-order valence-electron chi connectivity index (χ0n) is 10.9. The molecule has 1 atom stereocenters. The molecule has 3 rings (SSSR count). The summed E-state index contributed by atoms with van der Waals surface area (Å²) in [5.41, 5.74) is 6.27. The second-order valence-corrected chi connectivity index (χ2v) is 4.61. The summed E-state index contributed by atoms with van der Waals surface area (Å²) in [6.45, 7) is 1.85. The minimum absolute atomic E-state index is 0.261. The van der Waals surface area contributed by atoms with Gasteiger partial charge in [-0.1, -0.05) is 6.07 Å². The van der Waals surface area contributed by atoms with Crippen molar-refractivity contribution in [1.29, 1.82) is 0 Å².